The number of imidazole rings is 1. The zero-order valence-electron chi connectivity index (χ0n) is 10.9. The second kappa shape index (κ2) is 5.16. The molecule has 6 nitrogen and oxygen atoms in total. The summed E-state index contributed by atoms with van der Waals surface area (Å²) in [6, 6.07) is 11.1. The number of carboxylic acids is 1. The van der Waals surface area contributed by atoms with Crippen LogP contribution in [0.15, 0.2) is 42.5 Å². The first-order valence-corrected chi connectivity index (χ1v) is 6.25. The second-order valence-electron chi connectivity index (χ2n) is 4.51. The van der Waals surface area contributed by atoms with E-state index in [2.05, 4.69) is 9.97 Å². The van der Waals surface area contributed by atoms with Gasteiger partial charge in [0.2, 0.25) is 0 Å². The topological polar surface area (TPSA) is 95.4 Å². The molecule has 0 aliphatic carbocycles. The number of phenols is 1. The highest BCUT2D eigenvalue weighted by Crippen LogP contribution is 2.19. The van der Waals surface area contributed by atoms with Gasteiger partial charge in [-0.3, -0.25) is 0 Å². The molecule has 0 radical (unpaired) electrons. The Balaban J connectivity index is 1.77. The summed E-state index contributed by atoms with van der Waals surface area (Å²) in [5.74, 6) is 0.210. The standard InChI is InChI=1S/C15H12N2O4/c18-10-4-5-12-13(7-10)17-14(16-12)8-21-11-3-1-2-9(6-11)15(19)20/h1-7,18H,8H2,(H,16,17)(H,19,20). The number of H-pyrrole nitrogens is 1. The van der Waals surface area contributed by atoms with Gasteiger partial charge in [-0.25, -0.2) is 9.78 Å². The molecule has 106 valence electrons. The predicted molar refractivity (Wildman–Crippen MR) is 75.5 cm³/mol. The van der Waals surface area contributed by atoms with Crippen molar-refractivity contribution in [1.82, 2.24) is 9.97 Å². The minimum Gasteiger partial charge on any atom is -0.508 e. The molecule has 0 amide bonds. The molecule has 0 atom stereocenters. The van der Waals surface area contributed by atoms with Crippen molar-refractivity contribution in [3.05, 3.63) is 53.9 Å². The third-order valence-electron chi connectivity index (χ3n) is 2.97. The molecule has 0 saturated heterocycles. The van der Waals surface area contributed by atoms with Crippen molar-refractivity contribution in [1.29, 1.82) is 0 Å². The molecule has 0 saturated carbocycles. The summed E-state index contributed by atoms with van der Waals surface area (Å²) in [5, 5.41) is 18.3. The van der Waals surface area contributed by atoms with E-state index in [1.807, 2.05) is 0 Å². The van der Waals surface area contributed by atoms with Crippen molar-refractivity contribution in [2.75, 3.05) is 0 Å². The quantitative estimate of drug-likeness (QED) is 0.684. The number of carbonyl (C=O) groups is 1. The van der Waals surface area contributed by atoms with Crippen LogP contribution in [-0.2, 0) is 6.61 Å². The fourth-order valence-corrected chi connectivity index (χ4v) is 1.99. The maximum atomic E-state index is 10.9. The van der Waals surface area contributed by atoms with Crippen LogP contribution in [-0.4, -0.2) is 26.2 Å². The van der Waals surface area contributed by atoms with Crippen molar-refractivity contribution in [2.24, 2.45) is 0 Å². The number of rotatable bonds is 4. The van der Waals surface area contributed by atoms with E-state index in [1.54, 1.807) is 30.3 Å². The first-order valence-electron chi connectivity index (χ1n) is 6.25. The normalized spacial score (nSPS) is 10.7. The first-order chi connectivity index (χ1) is 10.1. The number of phenolic OH excluding ortho intramolecular Hbond substituents is 1. The van der Waals surface area contributed by atoms with Gasteiger partial charge in [0.1, 0.15) is 23.9 Å². The largest absolute Gasteiger partial charge is 0.508 e. The van der Waals surface area contributed by atoms with Gasteiger partial charge in [0.15, 0.2) is 0 Å². The van der Waals surface area contributed by atoms with Gasteiger partial charge < -0.3 is 19.9 Å². The van der Waals surface area contributed by atoms with E-state index in [9.17, 15) is 9.90 Å². The summed E-state index contributed by atoms with van der Waals surface area (Å²) < 4.78 is 5.52. The summed E-state index contributed by atoms with van der Waals surface area (Å²) in [6.45, 7) is 0.179. The number of ether oxygens (including phenoxy) is 1. The molecule has 21 heavy (non-hydrogen) atoms. The number of aromatic nitrogens is 2. The summed E-state index contributed by atoms with van der Waals surface area (Å²) in [5.41, 5.74) is 1.61. The van der Waals surface area contributed by atoms with E-state index < -0.39 is 5.97 Å². The maximum Gasteiger partial charge on any atom is 0.335 e. The van der Waals surface area contributed by atoms with Gasteiger partial charge in [-0.1, -0.05) is 6.07 Å². The Morgan fingerprint density at radius 1 is 1.24 bits per heavy atom. The number of fused-ring (bicyclic) bond motifs is 1. The van der Waals surface area contributed by atoms with Gasteiger partial charge in [0.05, 0.1) is 16.6 Å². The van der Waals surface area contributed by atoms with Crippen molar-refractivity contribution in [3.63, 3.8) is 0 Å². The molecule has 0 aliphatic rings. The fourth-order valence-electron chi connectivity index (χ4n) is 1.99. The third kappa shape index (κ3) is 2.79. The monoisotopic (exact) mass is 284 g/mol. The van der Waals surface area contributed by atoms with Crippen LogP contribution in [0.3, 0.4) is 0 Å². The van der Waals surface area contributed by atoms with Gasteiger partial charge in [0.25, 0.3) is 0 Å². The van der Waals surface area contributed by atoms with Crippen molar-refractivity contribution in [2.45, 2.75) is 6.61 Å². The summed E-state index contributed by atoms with van der Waals surface area (Å²) in [7, 11) is 0. The molecule has 0 unspecified atom stereocenters. The van der Waals surface area contributed by atoms with Gasteiger partial charge in [-0.15, -0.1) is 0 Å². The SMILES string of the molecule is O=C(O)c1cccc(OCc2nc3ccc(O)cc3[nH]2)c1. The number of hydrogen-bond acceptors (Lipinski definition) is 4. The van der Waals surface area contributed by atoms with E-state index in [-0.39, 0.29) is 17.9 Å². The molecule has 6 heteroatoms. The highest BCUT2D eigenvalue weighted by atomic mass is 16.5. The van der Waals surface area contributed by atoms with Crippen LogP contribution < -0.4 is 4.74 Å². The zero-order valence-corrected chi connectivity index (χ0v) is 10.9. The first kappa shape index (κ1) is 13.0. The van der Waals surface area contributed by atoms with E-state index in [0.29, 0.717) is 17.1 Å². The molecule has 3 aromatic rings. The van der Waals surface area contributed by atoms with Gasteiger partial charge in [0, 0.05) is 6.07 Å². The van der Waals surface area contributed by atoms with Crippen molar-refractivity contribution < 1.29 is 19.7 Å². The molecule has 0 bridgehead atoms. The number of carboxylic acid groups (broad SMARTS) is 1. The Bertz CT molecular complexity index is 810. The average molecular weight is 284 g/mol. The zero-order chi connectivity index (χ0) is 14.8. The number of aromatic carboxylic acids is 1. The maximum absolute atomic E-state index is 10.9. The predicted octanol–water partition coefficient (Wildman–Crippen LogP) is 2.55. The van der Waals surface area contributed by atoms with Crippen molar-refractivity contribution in [3.8, 4) is 11.5 Å². The lowest BCUT2D eigenvalue weighted by Gasteiger charge is -2.04. The smallest absolute Gasteiger partial charge is 0.335 e. The minimum atomic E-state index is -1.00. The van der Waals surface area contributed by atoms with Crippen molar-refractivity contribution >= 4 is 17.0 Å². The van der Waals surface area contributed by atoms with Crippen LogP contribution in [0.25, 0.3) is 11.0 Å². The number of hydrogen-bond donors (Lipinski definition) is 3. The van der Waals surface area contributed by atoms with Crippen LogP contribution in [0.5, 0.6) is 11.5 Å². The van der Waals surface area contributed by atoms with E-state index in [4.69, 9.17) is 9.84 Å². The Morgan fingerprint density at radius 2 is 2.10 bits per heavy atom. The lowest BCUT2D eigenvalue weighted by atomic mass is 10.2. The van der Waals surface area contributed by atoms with Crippen LogP contribution in [0.4, 0.5) is 0 Å². The fraction of sp³-hybridized carbons (Fsp3) is 0.0667. The molecule has 0 spiro atoms. The number of nitrogens with zero attached hydrogens (tertiary/aromatic N) is 1. The molecule has 0 fully saturated rings. The van der Waals surface area contributed by atoms with Crippen LogP contribution in [0.1, 0.15) is 16.2 Å². The van der Waals surface area contributed by atoms with Crippen LogP contribution in [0, 0.1) is 0 Å². The average Bonchev–Trinajstić information content (AvgIpc) is 2.87. The lowest BCUT2D eigenvalue weighted by molar-refractivity contribution is 0.0696. The van der Waals surface area contributed by atoms with Crippen LogP contribution >= 0.6 is 0 Å². The second-order valence-corrected chi connectivity index (χ2v) is 4.51. The van der Waals surface area contributed by atoms with Gasteiger partial charge >= 0.3 is 5.97 Å². The molecule has 3 N–H and O–H groups in total. The third-order valence-corrected chi connectivity index (χ3v) is 2.97. The number of benzene rings is 2. The number of nitrogens with one attached hydrogen (secondary N) is 1. The Hall–Kier alpha value is -3.02. The Morgan fingerprint density at radius 3 is 2.90 bits per heavy atom. The molecule has 1 aromatic heterocycles. The minimum absolute atomic E-state index is 0.160. The highest BCUT2D eigenvalue weighted by Gasteiger charge is 2.06. The van der Waals surface area contributed by atoms with Gasteiger partial charge in [-0.2, -0.15) is 0 Å². The van der Waals surface area contributed by atoms with E-state index >= 15 is 0 Å². The molecule has 1 heterocycles. The van der Waals surface area contributed by atoms with Gasteiger partial charge in [-0.05, 0) is 30.3 Å². The molecule has 2 aromatic carbocycles. The molecule has 0 aliphatic heterocycles. The van der Waals surface area contributed by atoms with Crippen LogP contribution in [0.2, 0.25) is 0 Å². The summed E-state index contributed by atoms with van der Waals surface area (Å²) in [4.78, 5) is 18.2. The lowest BCUT2D eigenvalue weighted by Crippen LogP contribution is -2.00. The Labute approximate surface area is 119 Å². The number of aromatic hydroxyl groups is 1. The highest BCUT2D eigenvalue weighted by molar-refractivity contribution is 5.88. The molecular formula is C15H12N2O4. The Kier molecular flexibility index (Phi) is 3.19. The van der Waals surface area contributed by atoms with E-state index in [0.717, 1.165) is 5.52 Å². The molecular weight excluding hydrogens is 272 g/mol. The number of aromatic amines is 1. The van der Waals surface area contributed by atoms with E-state index in [1.165, 1.54) is 12.1 Å². The molecule has 3 rings (SSSR count). The summed E-state index contributed by atoms with van der Waals surface area (Å²) in [6.07, 6.45) is 0. The summed E-state index contributed by atoms with van der Waals surface area (Å²) >= 11 is 0.